The average molecular weight is 189 g/mol. The number of piperidine rings is 1. The van der Waals surface area contributed by atoms with Crippen molar-refractivity contribution < 1.29 is 0 Å². The van der Waals surface area contributed by atoms with Gasteiger partial charge in [0, 0.05) is 0 Å². The molecule has 1 heterocycles. The zero-order valence-electron chi connectivity index (χ0n) is 8.92. The van der Waals surface area contributed by atoms with E-state index in [2.05, 4.69) is 36.5 Å². The molecule has 0 spiro atoms. The highest BCUT2D eigenvalue weighted by molar-refractivity contribution is 5.22. The highest BCUT2D eigenvalue weighted by Gasteiger charge is 2.12. The van der Waals surface area contributed by atoms with Gasteiger partial charge < -0.3 is 5.32 Å². The van der Waals surface area contributed by atoms with Crippen LogP contribution >= 0.6 is 0 Å². The maximum atomic E-state index is 3.41. The molecule has 1 aliphatic heterocycles. The van der Waals surface area contributed by atoms with Gasteiger partial charge in [0.15, 0.2) is 0 Å². The predicted octanol–water partition coefficient (Wildman–Crippen LogP) is 2.54. The summed E-state index contributed by atoms with van der Waals surface area (Å²) in [6.07, 6.45) is 3.95. The molecule has 0 unspecified atom stereocenters. The summed E-state index contributed by atoms with van der Waals surface area (Å²) in [6, 6.07) is 8.93. The standard InChI is InChI=1S/C13H19N/c1-11-3-2-4-13(9-11)10-12-5-7-14-8-6-12/h2-4,9,12,14H,5-8,10H2,1H3. The van der Waals surface area contributed by atoms with Crippen molar-refractivity contribution in [2.75, 3.05) is 13.1 Å². The van der Waals surface area contributed by atoms with Crippen LogP contribution in [0.25, 0.3) is 0 Å². The molecule has 2 rings (SSSR count). The lowest BCUT2D eigenvalue weighted by molar-refractivity contribution is 0.372. The van der Waals surface area contributed by atoms with Gasteiger partial charge in [0.25, 0.3) is 0 Å². The van der Waals surface area contributed by atoms with E-state index in [1.165, 1.54) is 43.5 Å². The van der Waals surface area contributed by atoms with Crippen LogP contribution in [0.3, 0.4) is 0 Å². The van der Waals surface area contributed by atoms with Gasteiger partial charge in [0.05, 0.1) is 0 Å². The van der Waals surface area contributed by atoms with Crippen LogP contribution in [0.4, 0.5) is 0 Å². The first kappa shape index (κ1) is 9.72. The fourth-order valence-corrected chi connectivity index (χ4v) is 2.26. The zero-order valence-corrected chi connectivity index (χ0v) is 8.92. The Labute approximate surface area is 86.5 Å². The van der Waals surface area contributed by atoms with Crippen molar-refractivity contribution >= 4 is 0 Å². The second kappa shape index (κ2) is 4.61. The van der Waals surface area contributed by atoms with Gasteiger partial charge >= 0.3 is 0 Å². The summed E-state index contributed by atoms with van der Waals surface area (Å²) in [5.74, 6) is 0.901. The third-order valence-electron chi connectivity index (χ3n) is 3.07. The van der Waals surface area contributed by atoms with Crippen molar-refractivity contribution in [1.82, 2.24) is 5.32 Å². The van der Waals surface area contributed by atoms with E-state index in [1.54, 1.807) is 0 Å². The molecule has 0 aliphatic carbocycles. The molecule has 1 nitrogen and oxygen atoms in total. The Balaban J connectivity index is 1.95. The third-order valence-corrected chi connectivity index (χ3v) is 3.07. The van der Waals surface area contributed by atoms with Crippen LogP contribution in [0, 0.1) is 12.8 Å². The first-order chi connectivity index (χ1) is 6.84. The summed E-state index contributed by atoms with van der Waals surface area (Å²) in [6.45, 7) is 4.58. The minimum atomic E-state index is 0.901. The molecule has 1 fully saturated rings. The fourth-order valence-electron chi connectivity index (χ4n) is 2.26. The van der Waals surface area contributed by atoms with Gasteiger partial charge in [0.2, 0.25) is 0 Å². The van der Waals surface area contributed by atoms with Crippen molar-refractivity contribution in [3.8, 4) is 0 Å². The number of hydrogen-bond donors (Lipinski definition) is 1. The van der Waals surface area contributed by atoms with Crippen molar-refractivity contribution in [3.05, 3.63) is 35.4 Å². The largest absolute Gasteiger partial charge is 0.317 e. The summed E-state index contributed by atoms with van der Waals surface area (Å²) in [5, 5.41) is 3.41. The minimum Gasteiger partial charge on any atom is -0.317 e. The van der Waals surface area contributed by atoms with Crippen LogP contribution in [0.5, 0.6) is 0 Å². The smallest absolute Gasteiger partial charge is 0.00462 e. The van der Waals surface area contributed by atoms with Gasteiger partial charge in [-0.15, -0.1) is 0 Å². The Morgan fingerprint density at radius 3 is 2.79 bits per heavy atom. The number of nitrogens with one attached hydrogen (secondary N) is 1. The molecular weight excluding hydrogens is 170 g/mol. The van der Waals surface area contributed by atoms with E-state index < -0.39 is 0 Å². The topological polar surface area (TPSA) is 12.0 Å². The van der Waals surface area contributed by atoms with E-state index in [1.807, 2.05) is 0 Å². The Morgan fingerprint density at radius 1 is 1.29 bits per heavy atom. The lowest BCUT2D eigenvalue weighted by atomic mass is 9.90. The first-order valence-electron chi connectivity index (χ1n) is 5.61. The molecule has 76 valence electrons. The molecule has 1 heteroatoms. The van der Waals surface area contributed by atoms with Crippen LogP contribution in [0.1, 0.15) is 24.0 Å². The Kier molecular flexibility index (Phi) is 3.20. The second-order valence-electron chi connectivity index (χ2n) is 4.39. The molecule has 0 atom stereocenters. The van der Waals surface area contributed by atoms with E-state index >= 15 is 0 Å². The van der Waals surface area contributed by atoms with Gasteiger partial charge in [-0.05, 0) is 50.8 Å². The molecule has 0 saturated carbocycles. The molecule has 1 aromatic carbocycles. The Hall–Kier alpha value is -0.820. The highest BCUT2D eigenvalue weighted by atomic mass is 14.9. The molecule has 1 aliphatic rings. The molecule has 1 aromatic rings. The van der Waals surface area contributed by atoms with Gasteiger partial charge in [-0.25, -0.2) is 0 Å². The number of hydrogen-bond acceptors (Lipinski definition) is 1. The molecular formula is C13H19N. The van der Waals surface area contributed by atoms with Crippen molar-refractivity contribution in [2.24, 2.45) is 5.92 Å². The quantitative estimate of drug-likeness (QED) is 0.754. The van der Waals surface area contributed by atoms with Crippen molar-refractivity contribution in [1.29, 1.82) is 0 Å². The SMILES string of the molecule is Cc1cccc(CC2CCNCC2)c1. The van der Waals surface area contributed by atoms with Crippen LogP contribution < -0.4 is 5.32 Å². The third kappa shape index (κ3) is 2.58. The Bertz CT molecular complexity index is 287. The molecule has 0 bridgehead atoms. The van der Waals surface area contributed by atoms with E-state index in [-0.39, 0.29) is 0 Å². The number of aryl methyl sites for hydroxylation is 1. The van der Waals surface area contributed by atoms with Crippen LogP contribution in [-0.4, -0.2) is 13.1 Å². The van der Waals surface area contributed by atoms with Crippen LogP contribution in [0.2, 0.25) is 0 Å². The predicted molar refractivity (Wildman–Crippen MR) is 60.5 cm³/mol. The van der Waals surface area contributed by atoms with Gasteiger partial charge in [0.1, 0.15) is 0 Å². The molecule has 0 radical (unpaired) electrons. The van der Waals surface area contributed by atoms with Crippen LogP contribution in [0.15, 0.2) is 24.3 Å². The highest BCUT2D eigenvalue weighted by Crippen LogP contribution is 2.18. The maximum Gasteiger partial charge on any atom is -0.00462 e. The second-order valence-corrected chi connectivity index (χ2v) is 4.39. The lowest BCUT2D eigenvalue weighted by Gasteiger charge is -2.22. The van der Waals surface area contributed by atoms with E-state index in [0.29, 0.717) is 0 Å². The zero-order chi connectivity index (χ0) is 9.80. The van der Waals surface area contributed by atoms with E-state index in [0.717, 1.165) is 5.92 Å². The van der Waals surface area contributed by atoms with Crippen LogP contribution in [-0.2, 0) is 6.42 Å². The Morgan fingerprint density at radius 2 is 2.07 bits per heavy atom. The molecule has 14 heavy (non-hydrogen) atoms. The summed E-state index contributed by atoms with van der Waals surface area (Å²) < 4.78 is 0. The van der Waals surface area contributed by atoms with Crippen molar-refractivity contribution in [3.63, 3.8) is 0 Å². The summed E-state index contributed by atoms with van der Waals surface area (Å²) in [4.78, 5) is 0. The van der Waals surface area contributed by atoms with E-state index in [9.17, 15) is 0 Å². The van der Waals surface area contributed by atoms with Gasteiger partial charge in [-0.2, -0.15) is 0 Å². The number of rotatable bonds is 2. The van der Waals surface area contributed by atoms with Gasteiger partial charge in [-0.3, -0.25) is 0 Å². The summed E-state index contributed by atoms with van der Waals surface area (Å²) in [7, 11) is 0. The molecule has 1 saturated heterocycles. The minimum absolute atomic E-state index is 0.901. The first-order valence-corrected chi connectivity index (χ1v) is 5.61. The lowest BCUT2D eigenvalue weighted by Crippen LogP contribution is -2.28. The molecule has 0 aromatic heterocycles. The van der Waals surface area contributed by atoms with Crippen molar-refractivity contribution in [2.45, 2.75) is 26.2 Å². The fraction of sp³-hybridized carbons (Fsp3) is 0.538. The molecule has 0 amide bonds. The van der Waals surface area contributed by atoms with Gasteiger partial charge in [-0.1, -0.05) is 29.8 Å². The summed E-state index contributed by atoms with van der Waals surface area (Å²) in [5.41, 5.74) is 2.90. The monoisotopic (exact) mass is 189 g/mol. The number of benzene rings is 1. The maximum absolute atomic E-state index is 3.41. The summed E-state index contributed by atoms with van der Waals surface area (Å²) >= 11 is 0. The average Bonchev–Trinajstić information content (AvgIpc) is 2.19. The van der Waals surface area contributed by atoms with E-state index in [4.69, 9.17) is 0 Å². The molecule has 1 N–H and O–H groups in total. The normalized spacial score (nSPS) is 18.4.